The lowest BCUT2D eigenvalue weighted by molar-refractivity contribution is -0.136. The molecule has 0 atom stereocenters. The SMILES string of the molecule is N#Cc1ccc(COc2cccc(CC(=O)O)c2)c(F)c1. The van der Waals surface area contributed by atoms with Gasteiger partial charge in [0.25, 0.3) is 0 Å². The number of carboxylic acids is 1. The summed E-state index contributed by atoms with van der Waals surface area (Å²) in [6, 6.07) is 12.7. The Kier molecular flexibility index (Phi) is 4.52. The number of carbonyl (C=O) groups is 1. The van der Waals surface area contributed by atoms with Gasteiger partial charge in [0.1, 0.15) is 18.2 Å². The predicted octanol–water partition coefficient (Wildman–Crippen LogP) is 2.90. The number of halogens is 1. The minimum absolute atomic E-state index is 0.00800. The van der Waals surface area contributed by atoms with Gasteiger partial charge in [0.15, 0.2) is 0 Å². The highest BCUT2D eigenvalue weighted by molar-refractivity contribution is 5.70. The molecule has 0 heterocycles. The van der Waals surface area contributed by atoms with Crippen LogP contribution in [0.5, 0.6) is 5.75 Å². The topological polar surface area (TPSA) is 70.3 Å². The molecule has 0 aromatic heterocycles. The van der Waals surface area contributed by atoms with Gasteiger partial charge in [-0.3, -0.25) is 4.79 Å². The Morgan fingerprint density at radius 3 is 2.76 bits per heavy atom. The zero-order valence-electron chi connectivity index (χ0n) is 11.0. The van der Waals surface area contributed by atoms with Crippen LogP contribution in [0.1, 0.15) is 16.7 Å². The number of nitriles is 1. The van der Waals surface area contributed by atoms with Crippen LogP contribution in [0.2, 0.25) is 0 Å². The zero-order chi connectivity index (χ0) is 15.2. The molecular formula is C16H12FNO3. The number of nitrogens with zero attached hydrogens (tertiary/aromatic N) is 1. The van der Waals surface area contributed by atoms with Gasteiger partial charge >= 0.3 is 5.97 Å². The largest absolute Gasteiger partial charge is 0.489 e. The summed E-state index contributed by atoms with van der Waals surface area (Å²) in [7, 11) is 0. The van der Waals surface area contributed by atoms with Crippen molar-refractivity contribution in [1.29, 1.82) is 5.26 Å². The van der Waals surface area contributed by atoms with Gasteiger partial charge in [-0.15, -0.1) is 0 Å². The van der Waals surface area contributed by atoms with Crippen LogP contribution in [0.25, 0.3) is 0 Å². The van der Waals surface area contributed by atoms with E-state index in [4.69, 9.17) is 15.1 Å². The van der Waals surface area contributed by atoms with Crippen molar-refractivity contribution < 1.29 is 19.0 Å². The first kappa shape index (κ1) is 14.5. The molecule has 5 heteroatoms. The van der Waals surface area contributed by atoms with Gasteiger partial charge in [-0.05, 0) is 29.8 Å². The summed E-state index contributed by atoms with van der Waals surface area (Å²) in [6.45, 7) is 0.00800. The third kappa shape index (κ3) is 4.05. The quantitative estimate of drug-likeness (QED) is 0.917. The van der Waals surface area contributed by atoms with E-state index in [1.165, 1.54) is 12.1 Å². The summed E-state index contributed by atoms with van der Waals surface area (Å²) in [5.41, 5.74) is 1.19. The maximum Gasteiger partial charge on any atom is 0.307 e. The fourth-order valence-corrected chi connectivity index (χ4v) is 1.81. The highest BCUT2D eigenvalue weighted by Crippen LogP contribution is 2.17. The van der Waals surface area contributed by atoms with E-state index in [1.54, 1.807) is 24.3 Å². The second kappa shape index (κ2) is 6.53. The van der Waals surface area contributed by atoms with Crippen LogP contribution in [0.15, 0.2) is 42.5 Å². The van der Waals surface area contributed by atoms with Gasteiger partial charge in [-0.2, -0.15) is 5.26 Å². The fraction of sp³-hybridized carbons (Fsp3) is 0.125. The number of ether oxygens (including phenoxy) is 1. The van der Waals surface area contributed by atoms with Gasteiger partial charge in [0.2, 0.25) is 0 Å². The average molecular weight is 285 g/mol. The van der Waals surface area contributed by atoms with Crippen molar-refractivity contribution in [2.45, 2.75) is 13.0 Å². The number of aliphatic carboxylic acids is 1. The number of hydrogen-bond acceptors (Lipinski definition) is 3. The van der Waals surface area contributed by atoms with Crippen LogP contribution in [0, 0.1) is 17.1 Å². The lowest BCUT2D eigenvalue weighted by atomic mass is 10.1. The lowest BCUT2D eigenvalue weighted by Gasteiger charge is -2.08. The molecule has 2 aromatic rings. The van der Waals surface area contributed by atoms with E-state index >= 15 is 0 Å². The Bertz CT molecular complexity index is 707. The molecule has 0 spiro atoms. The molecule has 2 aromatic carbocycles. The molecule has 106 valence electrons. The van der Waals surface area contributed by atoms with E-state index in [0.29, 0.717) is 16.9 Å². The van der Waals surface area contributed by atoms with Crippen molar-refractivity contribution in [3.63, 3.8) is 0 Å². The Hall–Kier alpha value is -2.87. The summed E-state index contributed by atoms with van der Waals surface area (Å²) in [5, 5.41) is 17.4. The molecule has 0 unspecified atom stereocenters. The van der Waals surface area contributed by atoms with E-state index < -0.39 is 11.8 Å². The van der Waals surface area contributed by atoms with Gasteiger partial charge < -0.3 is 9.84 Å². The van der Waals surface area contributed by atoms with Crippen LogP contribution in [0.3, 0.4) is 0 Å². The van der Waals surface area contributed by atoms with Gasteiger partial charge in [0, 0.05) is 5.56 Å². The molecule has 0 amide bonds. The van der Waals surface area contributed by atoms with Crippen LogP contribution in [-0.2, 0) is 17.8 Å². The molecule has 0 aliphatic carbocycles. The van der Waals surface area contributed by atoms with Gasteiger partial charge in [-0.1, -0.05) is 18.2 Å². The van der Waals surface area contributed by atoms with Crippen LogP contribution in [-0.4, -0.2) is 11.1 Å². The average Bonchev–Trinajstić information content (AvgIpc) is 2.45. The molecule has 0 saturated heterocycles. The van der Waals surface area contributed by atoms with Crippen molar-refractivity contribution in [3.05, 3.63) is 65.0 Å². The third-order valence-electron chi connectivity index (χ3n) is 2.83. The zero-order valence-corrected chi connectivity index (χ0v) is 11.0. The first-order valence-corrected chi connectivity index (χ1v) is 6.20. The first-order chi connectivity index (χ1) is 10.1. The molecule has 0 aliphatic rings. The first-order valence-electron chi connectivity index (χ1n) is 6.20. The smallest absolute Gasteiger partial charge is 0.307 e. The van der Waals surface area contributed by atoms with Crippen molar-refractivity contribution in [2.75, 3.05) is 0 Å². The summed E-state index contributed by atoms with van der Waals surface area (Å²) in [6.07, 6.45) is -0.0948. The normalized spacial score (nSPS) is 9.90. The van der Waals surface area contributed by atoms with Crippen LogP contribution >= 0.6 is 0 Å². The second-order valence-electron chi connectivity index (χ2n) is 4.42. The fourth-order valence-electron chi connectivity index (χ4n) is 1.81. The maximum atomic E-state index is 13.7. The van der Waals surface area contributed by atoms with Crippen LogP contribution in [0.4, 0.5) is 4.39 Å². The Morgan fingerprint density at radius 1 is 1.29 bits per heavy atom. The van der Waals surface area contributed by atoms with Crippen molar-refractivity contribution in [2.24, 2.45) is 0 Å². The van der Waals surface area contributed by atoms with E-state index in [1.807, 2.05) is 6.07 Å². The molecule has 0 bridgehead atoms. The van der Waals surface area contributed by atoms with E-state index in [0.717, 1.165) is 6.07 Å². The molecule has 0 aliphatic heterocycles. The highest BCUT2D eigenvalue weighted by Gasteiger charge is 2.06. The Balaban J connectivity index is 2.06. The number of hydrogen-bond donors (Lipinski definition) is 1. The van der Waals surface area contributed by atoms with E-state index in [-0.39, 0.29) is 18.6 Å². The molecule has 0 fully saturated rings. The Morgan fingerprint density at radius 2 is 2.10 bits per heavy atom. The molecule has 1 N–H and O–H groups in total. The molecule has 21 heavy (non-hydrogen) atoms. The third-order valence-corrected chi connectivity index (χ3v) is 2.83. The van der Waals surface area contributed by atoms with Gasteiger partial charge in [0.05, 0.1) is 18.1 Å². The Labute approximate surface area is 121 Å². The number of rotatable bonds is 5. The van der Waals surface area contributed by atoms with Crippen molar-refractivity contribution in [1.82, 2.24) is 0 Å². The van der Waals surface area contributed by atoms with Crippen molar-refractivity contribution >= 4 is 5.97 Å². The minimum Gasteiger partial charge on any atom is -0.489 e. The highest BCUT2D eigenvalue weighted by atomic mass is 19.1. The van der Waals surface area contributed by atoms with E-state index in [2.05, 4.69) is 0 Å². The maximum absolute atomic E-state index is 13.7. The van der Waals surface area contributed by atoms with Crippen molar-refractivity contribution in [3.8, 4) is 11.8 Å². The standard InChI is InChI=1S/C16H12FNO3/c17-15-7-12(9-18)4-5-13(15)10-21-14-3-1-2-11(6-14)8-16(19)20/h1-7H,8,10H2,(H,19,20). The number of carboxylic acid groups (broad SMARTS) is 1. The minimum atomic E-state index is -0.926. The molecule has 0 saturated carbocycles. The monoisotopic (exact) mass is 285 g/mol. The second-order valence-corrected chi connectivity index (χ2v) is 4.42. The number of benzene rings is 2. The predicted molar refractivity (Wildman–Crippen MR) is 73.2 cm³/mol. The summed E-state index contributed by atoms with van der Waals surface area (Å²) in [5.74, 6) is -0.960. The van der Waals surface area contributed by atoms with Gasteiger partial charge in [-0.25, -0.2) is 4.39 Å². The summed E-state index contributed by atoms with van der Waals surface area (Å²) < 4.78 is 19.1. The molecule has 0 radical (unpaired) electrons. The molecular weight excluding hydrogens is 273 g/mol. The summed E-state index contributed by atoms with van der Waals surface area (Å²) in [4.78, 5) is 10.6. The van der Waals surface area contributed by atoms with Crippen LogP contribution < -0.4 is 4.74 Å². The molecule has 4 nitrogen and oxygen atoms in total. The van der Waals surface area contributed by atoms with E-state index in [9.17, 15) is 9.18 Å². The summed E-state index contributed by atoms with van der Waals surface area (Å²) >= 11 is 0. The lowest BCUT2D eigenvalue weighted by Crippen LogP contribution is -2.02. The molecule has 2 rings (SSSR count).